The van der Waals surface area contributed by atoms with Gasteiger partial charge in [-0.2, -0.15) is 0 Å². The number of nitrogens with one attached hydrogen (secondary N) is 1. The van der Waals surface area contributed by atoms with Gasteiger partial charge < -0.3 is 16.0 Å². The minimum absolute atomic E-state index is 0.0863. The van der Waals surface area contributed by atoms with Crippen LogP contribution in [0.4, 0.5) is 10.9 Å². The Bertz CT molecular complexity index is 400. The van der Waals surface area contributed by atoms with Gasteiger partial charge in [-0.05, 0) is 6.92 Å². The lowest BCUT2D eigenvalue weighted by Gasteiger charge is -2.07. The van der Waals surface area contributed by atoms with E-state index in [1.807, 2.05) is 25.9 Å². The molecule has 0 spiro atoms. The Morgan fingerprint density at radius 2 is 2.31 bits per heavy atom. The zero-order valence-corrected chi connectivity index (χ0v) is 10.5. The van der Waals surface area contributed by atoms with Gasteiger partial charge in [-0.3, -0.25) is 4.79 Å². The number of carbonyl (C=O) groups excluding carboxylic acids is 1. The highest BCUT2D eigenvalue weighted by molar-refractivity contribution is 7.18. The molecular weight excluding hydrogens is 224 g/mol. The van der Waals surface area contributed by atoms with Crippen LogP contribution in [0, 0.1) is 0 Å². The number of anilines is 2. The van der Waals surface area contributed by atoms with Crippen LogP contribution < -0.4 is 16.0 Å². The van der Waals surface area contributed by atoms with Crippen molar-refractivity contribution in [2.24, 2.45) is 0 Å². The molecule has 6 heteroatoms. The SMILES string of the molecule is C=CC(C)NC(=O)c1sc(N(C)C)nc1N. The molecule has 0 aliphatic rings. The fraction of sp³-hybridized carbons (Fsp3) is 0.400. The standard InChI is InChI=1S/C10H16N4OS/c1-5-6(2)12-9(15)7-8(11)13-10(16-7)14(3)4/h5-6H,1,11H2,2-4H3,(H,12,15). The minimum atomic E-state index is -0.212. The lowest BCUT2D eigenvalue weighted by Crippen LogP contribution is -2.30. The normalized spacial score (nSPS) is 11.9. The van der Waals surface area contributed by atoms with Crippen LogP contribution in [0.1, 0.15) is 16.6 Å². The van der Waals surface area contributed by atoms with Gasteiger partial charge in [0.05, 0.1) is 0 Å². The summed E-state index contributed by atoms with van der Waals surface area (Å²) in [5.41, 5.74) is 5.68. The van der Waals surface area contributed by atoms with Gasteiger partial charge in [0.1, 0.15) is 10.7 Å². The van der Waals surface area contributed by atoms with Crippen LogP contribution in [0.25, 0.3) is 0 Å². The van der Waals surface area contributed by atoms with Crippen LogP contribution in [-0.2, 0) is 0 Å². The number of nitrogens with two attached hydrogens (primary N) is 1. The Hall–Kier alpha value is -1.56. The molecule has 5 nitrogen and oxygen atoms in total. The Balaban J connectivity index is 2.87. The molecule has 0 radical (unpaired) electrons. The third kappa shape index (κ3) is 2.73. The summed E-state index contributed by atoms with van der Waals surface area (Å²) in [7, 11) is 3.71. The molecule has 0 saturated heterocycles. The Labute approximate surface area is 99.0 Å². The first kappa shape index (κ1) is 12.5. The smallest absolute Gasteiger partial charge is 0.265 e. The van der Waals surface area contributed by atoms with Crippen molar-refractivity contribution in [3.63, 3.8) is 0 Å². The molecule has 0 aliphatic carbocycles. The highest BCUT2D eigenvalue weighted by atomic mass is 32.1. The Morgan fingerprint density at radius 3 is 2.75 bits per heavy atom. The number of nitrogen functional groups attached to an aromatic ring is 1. The van der Waals surface area contributed by atoms with Crippen LogP contribution in [-0.4, -0.2) is 31.0 Å². The van der Waals surface area contributed by atoms with Crippen LogP contribution in [0.2, 0.25) is 0 Å². The van der Waals surface area contributed by atoms with Crippen LogP contribution in [0.5, 0.6) is 0 Å². The van der Waals surface area contributed by atoms with Crippen molar-refractivity contribution in [1.29, 1.82) is 0 Å². The molecule has 0 bridgehead atoms. The van der Waals surface area contributed by atoms with Crippen molar-refractivity contribution in [1.82, 2.24) is 10.3 Å². The fourth-order valence-corrected chi connectivity index (χ4v) is 1.82. The average Bonchev–Trinajstić information content (AvgIpc) is 2.60. The van der Waals surface area contributed by atoms with E-state index in [-0.39, 0.29) is 17.8 Å². The molecule has 0 fully saturated rings. The van der Waals surface area contributed by atoms with E-state index in [1.165, 1.54) is 11.3 Å². The summed E-state index contributed by atoms with van der Waals surface area (Å²) in [5.74, 6) is 0.0537. The van der Waals surface area contributed by atoms with Crippen LogP contribution in [0.3, 0.4) is 0 Å². The molecule has 1 heterocycles. The summed E-state index contributed by atoms with van der Waals surface area (Å²) in [6.45, 7) is 5.44. The van der Waals surface area contributed by atoms with Crippen molar-refractivity contribution in [3.8, 4) is 0 Å². The average molecular weight is 240 g/mol. The molecule has 88 valence electrons. The summed E-state index contributed by atoms with van der Waals surface area (Å²) >= 11 is 1.27. The number of nitrogens with zero attached hydrogens (tertiary/aromatic N) is 2. The minimum Gasteiger partial charge on any atom is -0.382 e. The van der Waals surface area contributed by atoms with Gasteiger partial charge in [-0.1, -0.05) is 17.4 Å². The van der Waals surface area contributed by atoms with Crippen LogP contribution >= 0.6 is 11.3 Å². The molecule has 1 aromatic heterocycles. The van der Waals surface area contributed by atoms with Crippen molar-refractivity contribution in [2.75, 3.05) is 24.7 Å². The molecule has 3 N–H and O–H groups in total. The maximum absolute atomic E-state index is 11.8. The van der Waals surface area contributed by atoms with Crippen molar-refractivity contribution in [2.45, 2.75) is 13.0 Å². The van der Waals surface area contributed by atoms with Gasteiger partial charge in [0.25, 0.3) is 5.91 Å². The predicted octanol–water partition coefficient (Wildman–Crippen LogP) is 1.10. The number of hydrogen-bond donors (Lipinski definition) is 2. The van der Waals surface area contributed by atoms with Crippen molar-refractivity contribution in [3.05, 3.63) is 17.5 Å². The van der Waals surface area contributed by atoms with Gasteiger partial charge in [-0.25, -0.2) is 4.98 Å². The number of hydrogen-bond acceptors (Lipinski definition) is 5. The summed E-state index contributed by atoms with van der Waals surface area (Å²) in [6, 6.07) is -0.0863. The third-order valence-corrected chi connectivity index (χ3v) is 3.18. The second-order valence-electron chi connectivity index (χ2n) is 3.60. The number of rotatable bonds is 4. The largest absolute Gasteiger partial charge is 0.382 e. The molecular formula is C10H16N4OS. The summed E-state index contributed by atoms with van der Waals surface area (Å²) in [5, 5.41) is 3.47. The van der Waals surface area contributed by atoms with E-state index in [0.717, 1.165) is 0 Å². The molecule has 1 aromatic rings. The quantitative estimate of drug-likeness (QED) is 0.773. The lowest BCUT2D eigenvalue weighted by molar-refractivity contribution is 0.0951. The van der Waals surface area contributed by atoms with Crippen molar-refractivity contribution >= 4 is 28.2 Å². The second kappa shape index (κ2) is 4.98. The van der Waals surface area contributed by atoms with Gasteiger partial charge in [0, 0.05) is 20.1 Å². The monoisotopic (exact) mass is 240 g/mol. The molecule has 1 unspecified atom stereocenters. The Kier molecular flexibility index (Phi) is 3.89. The van der Waals surface area contributed by atoms with Gasteiger partial charge in [0.15, 0.2) is 5.13 Å². The summed E-state index contributed by atoms with van der Waals surface area (Å²) in [6.07, 6.45) is 1.65. The number of carbonyl (C=O) groups is 1. The van der Waals surface area contributed by atoms with Crippen LogP contribution in [0.15, 0.2) is 12.7 Å². The second-order valence-corrected chi connectivity index (χ2v) is 4.58. The summed E-state index contributed by atoms with van der Waals surface area (Å²) in [4.78, 5) is 18.1. The third-order valence-electron chi connectivity index (χ3n) is 1.94. The highest BCUT2D eigenvalue weighted by Crippen LogP contribution is 2.26. The molecule has 0 aliphatic heterocycles. The molecule has 1 rings (SSSR count). The zero-order chi connectivity index (χ0) is 12.3. The highest BCUT2D eigenvalue weighted by Gasteiger charge is 2.17. The van der Waals surface area contributed by atoms with E-state index in [2.05, 4.69) is 16.9 Å². The number of thiazole rings is 1. The molecule has 0 saturated carbocycles. The molecule has 16 heavy (non-hydrogen) atoms. The molecule has 0 aromatic carbocycles. The first-order valence-corrected chi connectivity index (χ1v) is 5.64. The van der Waals surface area contributed by atoms with E-state index in [4.69, 9.17) is 5.73 Å². The van der Waals surface area contributed by atoms with E-state index >= 15 is 0 Å². The molecule has 1 amide bonds. The van der Waals surface area contributed by atoms with E-state index in [1.54, 1.807) is 6.08 Å². The zero-order valence-electron chi connectivity index (χ0n) is 9.65. The first-order valence-electron chi connectivity index (χ1n) is 4.82. The lowest BCUT2D eigenvalue weighted by atomic mass is 10.3. The van der Waals surface area contributed by atoms with E-state index in [0.29, 0.717) is 10.0 Å². The molecule has 1 atom stereocenters. The van der Waals surface area contributed by atoms with Gasteiger partial charge >= 0.3 is 0 Å². The summed E-state index contributed by atoms with van der Waals surface area (Å²) < 4.78 is 0. The van der Waals surface area contributed by atoms with E-state index < -0.39 is 0 Å². The fourth-order valence-electron chi connectivity index (χ4n) is 1.01. The topological polar surface area (TPSA) is 71.2 Å². The van der Waals surface area contributed by atoms with Gasteiger partial charge in [-0.15, -0.1) is 6.58 Å². The maximum atomic E-state index is 11.8. The first-order chi connectivity index (χ1) is 7.45. The maximum Gasteiger partial charge on any atom is 0.265 e. The van der Waals surface area contributed by atoms with Gasteiger partial charge in [0.2, 0.25) is 0 Å². The Morgan fingerprint density at radius 1 is 1.69 bits per heavy atom. The predicted molar refractivity (Wildman–Crippen MR) is 68.0 cm³/mol. The number of aromatic nitrogens is 1. The van der Waals surface area contributed by atoms with Crippen molar-refractivity contribution < 1.29 is 4.79 Å². The number of amides is 1. The van der Waals surface area contributed by atoms with E-state index in [9.17, 15) is 4.79 Å².